The van der Waals surface area contributed by atoms with Crippen molar-refractivity contribution in [3.8, 4) is 0 Å². The summed E-state index contributed by atoms with van der Waals surface area (Å²) in [5.41, 5.74) is 0. The van der Waals surface area contributed by atoms with Crippen LogP contribution in [0.4, 0.5) is 0 Å². The van der Waals surface area contributed by atoms with Gasteiger partial charge in [-0.15, -0.1) is 11.3 Å². The molecule has 3 unspecified atom stereocenters. The molecule has 0 bridgehead atoms. The second-order valence-electron chi connectivity index (χ2n) is 7.81. The molecule has 2 aliphatic rings. The van der Waals surface area contributed by atoms with E-state index in [0.717, 1.165) is 4.31 Å². The number of pyridine rings is 1. The van der Waals surface area contributed by atoms with Crippen molar-refractivity contribution in [1.29, 1.82) is 0 Å². The molecule has 170 valence electrons. The quantitative estimate of drug-likeness (QED) is 0.644. The molecular weight excluding hydrogens is 452 g/mol. The predicted molar refractivity (Wildman–Crippen MR) is 118 cm³/mol. The van der Waals surface area contributed by atoms with E-state index >= 15 is 0 Å². The number of carbonyl (C=O) groups excluding carboxylic acids is 3. The minimum absolute atomic E-state index is 0.120. The number of hydrogen-bond acceptors (Lipinski definition) is 7. The molecule has 3 atom stereocenters. The van der Waals surface area contributed by atoms with Crippen molar-refractivity contribution in [2.75, 3.05) is 13.1 Å². The molecule has 4 heterocycles. The molecule has 4 rings (SSSR count). The summed E-state index contributed by atoms with van der Waals surface area (Å²) in [4.78, 5) is 44.6. The molecule has 2 saturated heterocycles. The molecule has 2 amide bonds. The Morgan fingerprint density at radius 2 is 2.09 bits per heavy atom. The number of rotatable bonds is 7. The number of ketones is 1. The van der Waals surface area contributed by atoms with E-state index < -0.39 is 28.1 Å². The van der Waals surface area contributed by atoms with Gasteiger partial charge in [0.2, 0.25) is 5.91 Å². The van der Waals surface area contributed by atoms with Gasteiger partial charge in [-0.1, -0.05) is 25.5 Å². The molecule has 2 fully saturated rings. The summed E-state index contributed by atoms with van der Waals surface area (Å²) in [6.45, 7) is 1.87. The zero-order chi connectivity index (χ0) is 22.9. The second kappa shape index (κ2) is 9.08. The van der Waals surface area contributed by atoms with Gasteiger partial charge in [0, 0.05) is 12.7 Å². The van der Waals surface area contributed by atoms with E-state index in [1.54, 1.807) is 29.6 Å². The molecule has 0 aromatic carbocycles. The van der Waals surface area contributed by atoms with Gasteiger partial charge in [0.05, 0.1) is 17.5 Å². The average molecular weight is 477 g/mol. The van der Waals surface area contributed by atoms with E-state index in [4.69, 9.17) is 0 Å². The minimum atomic E-state index is -3.96. The van der Waals surface area contributed by atoms with Crippen LogP contribution < -0.4 is 5.32 Å². The fourth-order valence-electron chi connectivity index (χ4n) is 4.34. The molecule has 0 saturated carbocycles. The third-order valence-electron chi connectivity index (χ3n) is 5.80. The van der Waals surface area contributed by atoms with Gasteiger partial charge >= 0.3 is 0 Å². The van der Waals surface area contributed by atoms with Gasteiger partial charge in [0.25, 0.3) is 15.9 Å². The summed E-state index contributed by atoms with van der Waals surface area (Å²) >= 11 is 1.28. The van der Waals surface area contributed by atoms with E-state index in [-0.39, 0.29) is 35.7 Å². The van der Waals surface area contributed by atoms with E-state index in [1.165, 1.54) is 28.5 Å². The number of nitrogens with zero attached hydrogens (tertiary/aromatic N) is 3. The fraction of sp³-hybridized carbons (Fsp3) is 0.429. The first kappa shape index (κ1) is 22.6. The SMILES string of the molecule is CCCC(NC(=O)c1cccs1)C(=O)N1CCC2C1C(=O)CN2S(=O)(=O)c1ccccn1. The van der Waals surface area contributed by atoms with Crippen LogP contribution in [0.5, 0.6) is 0 Å². The lowest BCUT2D eigenvalue weighted by atomic mass is 10.1. The van der Waals surface area contributed by atoms with Crippen LogP contribution >= 0.6 is 11.3 Å². The number of amides is 2. The summed E-state index contributed by atoms with van der Waals surface area (Å²) in [5, 5.41) is 4.45. The van der Waals surface area contributed by atoms with Gasteiger partial charge in [-0.3, -0.25) is 14.4 Å². The first-order chi connectivity index (χ1) is 15.3. The molecular formula is C21H24N4O5S2. The van der Waals surface area contributed by atoms with Crippen molar-refractivity contribution in [2.24, 2.45) is 0 Å². The number of likely N-dealkylation sites (tertiary alicyclic amines) is 1. The summed E-state index contributed by atoms with van der Waals surface area (Å²) in [6.07, 6.45) is 2.83. The van der Waals surface area contributed by atoms with Crippen LogP contribution in [0.25, 0.3) is 0 Å². The first-order valence-corrected chi connectivity index (χ1v) is 12.8. The lowest BCUT2D eigenvalue weighted by molar-refractivity contribution is -0.138. The number of aromatic nitrogens is 1. The third kappa shape index (κ3) is 4.07. The highest BCUT2D eigenvalue weighted by Crippen LogP contribution is 2.34. The van der Waals surface area contributed by atoms with Crippen LogP contribution in [0.15, 0.2) is 46.9 Å². The van der Waals surface area contributed by atoms with Crippen molar-refractivity contribution in [3.05, 3.63) is 46.8 Å². The zero-order valence-electron chi connectivity index (χ0n) is 17.5. The smallest absolute Gasteiger partial charge is 0.261 e. The van der Waals surface area contributed by atoms with Gasteiger partial charge in [0.1, 0.15) is 12.1 Å². The molecule has 9 nitrogen and oxygen atoms in total. The van der Waals surface area contributed by atoms with Crippen LogP contribution in [0.3, 0.4) is 0 Å². The van der Waals surface area contributed by atoms with Crippen LogP contribution in [0.1, 0.15) is 35.9 Å². The minimum Gasteiger partial charge on any atom is -0.340 e. The molecule has 2 aromatic rings. The molecule has 0 aliphatic carbocycles. The number of sulfonamides is 1. The van der Waals surface area contributed by atoms with Crippen molar-refractivity contribution in [2.45, 2.75) is 49.3 Å². The van der Waals surface area contributed by atoms with Gasteiger partial charge < -0.3 is 10.2 Å². The highest BCUT2D eigenvalue weighted by molar-refractivity contribution is 7.89. The first-order valence-electron chi connectivity index (χ1n) is 10.4. The number of carbonyl (C=O) groups is 3. The monoisotopic (exact) mass is 476 g/mol. The Morgan fingerprint density at radius 1 is 1.28 bits per heavy atom. The Balaban J connectivity index is 1.53. The Labute approximate surface area is 190 Å². The van der Waals surface area contributed by atoms with Gasteiger partial charge in [-0.05, 0) is 36.4 Å². The van der Waals surface area contributed by atoms with E-state index in [1.807, 2.05) is 6.92 Å². The third-order valence-corrected chi connectivity index (χ3v) is 8.45. The number of hydrogen-bond donors (Lipinski definition) is 1. The maximum atomic E-state index is 13.3. The molecule has 0 spiro atoms. The van der Waals surface area contributed by atoms with Crippen LogP contribution in [-0.4, -0.2) is 71.4 Å². The number of Topliss-reactive ketones (excluding diaryl/α,β-unsaturated/α-hetero) is 1. The molecule has 2 aromatic heterocycles. The Hall–Kier alpha value is -2.63. The van der Waals surface area contributed by atoms with E-state index in [2.05, 4.69) is 10.3 Å². The fourth-order valence-corrected chi connectivity index (χ4v) is 6.53. The number of fused-ring (bicyclic) bond motifs is 1. The lowest BCUT2D eigenvalue weighted by Crippen LogP contribution is -2.52. The van der Waals surface area contributed by atoms with Crippen molar-refractivity contribution >= 4 is 39.0 Å². The van der Waals surface area contributed by atoms with Gasteiger partial charge in [0.15, 0.2) is 10.8 Å². The standard InChI is InChI=1S/C21H24N4O5S2/c1-2-6-14(23-20(27)17-7-5-12-31-17)21(28)24-11-9-15-19(24)16(26)13-25(15)32(29,30)18-8-3-4-10-22-18/h3-5,7-8,10,12,14-15,19H,2,6,9,11,13H2,1H3,(H,23,27). The van der Waals surface area contributed by atoms with Crippen LogP contribution in [0.2, 0.25) is 0 Å². The van der Waals surface area contributed by atoms with Crippen molar-refractivity contribution in [3.63, 3.8) is 0 Å². The van der Waals surface area contributed by atoms with Gasteiger partial charge in [-0.2, -0.15) is 4.31 Å². The van der Waals surface area contributed by atoms with Crippen molar-refractivity contribution in [1.82, 2.24) is 19.5 Å². The van der Waals surface area contributed by atoms with Crippen LogP contribution in [-0.2, 0) is 19.6 Å². The second-order valence-corrected chi connectivity index (χ2v) is 10.6. The van der Waals surface area contributed by atoms with Crippen LogP contribution in [0, 0.1) is 0 Å². The Bertz CT molecular complexity index is 1100. The maximum Gasteiger partial charge on any atom is 0.261 e. The zero-order valence-corrected chi connectivity index (χ0v) is 19.1. The molecule has 11 heteroatoms. The highest BCUT2D eigenvalue weighted by atomic mass is 32.2. The summed E-state index contributed by atoms with van der Waals surface area (Å²) < 4.78 is 27.3. The topological polar surface area (TPSA) is 117 Å². The number of thiophene rings is 1. The Kier molecular flexibility index (Phi) is 6.40. The largest absolute Gasteiger partial charge is 0.340 e. The highest BCUT2D eigenvalue weighted by Gasteiger charge is 2.54. The van der Waals surface area contributed by atoms with Crippen molar-refractivity contribution < 1.29 is 22.8 Å². The lowest BCUT2D eigenvalue weighted by Gasteiger charge is -2.28. The summed E-state index contributed by atoms with van der Waals surface area (Å²) in [6, 6.07) is 5.77. The molecule has 32 heavy (non-hydrogen) atoms. The average Bonchev–Trinajstić information content (AvgIpc) is 3.52. The molecule has 1 N–H and O–H groups in total. The summed E-state index contributed by atoms with van der Waals surface area (Å²) in [5.74, 6) is -1.01. The van der Waals surface area contributed by atoms with Gasteiger partial charge in [-0.25, -0.2) is 13.4 Å². The molecule has 2 aliphatic heterocycles. The maximum absolute atomic E-state index is 13.3. The normalized spacial score (nSPS) is 22.0. The predicted octanol–water partition coefficient (Wildman–Crippen LogP) is 1.28. The van der Waals surface area contributed by atoms with E-state index in [0.29, 0.717) is 24.1 Å². The molecule has 0 radical (unpaired) electrons. The Morgan fingerprint density at radius 3 is 2.75 bits per heavy atom. The number of nitrogens with one attached hydrogen (secondary N) is 1. The van der Waals surface area contributed by atoms with E-state index in [9.17, 15) is 22.8 Å². The summed E-state index contributed by atoms with van der Waals surface area (Å²) in [7, 11) is -3.96.